The van der Waals surface area contributed by atoms with E-state index in [1.165, 1.54) is 24.3 Å². The van der Waals surface area contributed by atoms with E-state index in [0.717, 1.165) is 5.56 Å². The summed E-state index contributed by atoms with van der Waals surface area (Å²) in [6.07, 6.45) is 0. The van der Waals surface area contributed by atoms with Gasteiger partial charge in [-0.05, 0) is 61.0 Å². The normalized spacial score (nSPS) is 10.5. The number of aryl methyl sites for hydroxylation is 1. The van der Waals surface area contributed by atoms with Crippen LogP contribution in [0.1, 0.15) is 21.9 Å². The molecule has 0 aliphatic heterocycles. The predicted molar refractivity (Wildman–Crippen MR) is 93.6 cm³/mol. The minimum atomic E-state index is -0.376. The van der Waals surface area contributed by atoms with Gasteiger partial charge in [-0.1, -0.05) is 17.7 Å². The van der Waals surface area contributed by atoms with Crippen molar-refractivity contribution in [3.05, 3.63) is 82.5 Å². The molecule has 1 amide bonds. The van der Waals surface area contributed by atoms with Gasteiger partial charge in [-0.3, -0.25) is 4.79 Å². The Hall–Kier alpha value is -2.79. The van der Waals surface area contributed by atoms with Crippen LogP contribution in [0.4, 0.5) is 10.1 Å². The molecule has 0 aliphatic rings. The highest BCUT2D eigenvalue weighted by atomic mass is 35.5. The molecule has 6 heteroatoms. The van der Waals surface area contributed by atoms with Crippen molar-refractivity contribution < 1.29 is 18.3 Å². The summed E-state index contributed by atoms with van der Waals surface area (Å²) in [7, 11) is 0. The molecule has 0 unspecified atom stereocenters. The Bertz CT molecular complexity index is 890. The minimum Gasteiger partial charge on any atom is -0.486 e. The molecular formula is C19H15ClFNO3. The van der Waals surface area contributed by atoms with Crippen LogP contribution in [0.3, 0.4) is 0 Å². The van der Waals surface area contributed by atoms with Crippen LogP contribution in [0, 0.1) is 12.7 Å². The zero-order valence-corrected chi connectivity index (χ0v) is 14.1. The monoisotopic (exact) mass is 359 g/mol. The SMILES string of the molecule is Cc1ccc(Cl)cc1NC(=O)c1ccc(COc2ccc(F)cc2)o1. The Kier molecular flexibility index (Phi) is 5.05. The Morgan fingerprint density at radius 1 is 1.16 bits per heavy atom. The van der Waals surface area contributed by atoms with Crippen molar-refractivity contribution in [2.24, 2.45) is 0 Å². The second-order valence-corrected chi connectivity index (χ2v) is 5.86. The zero-order valence-electron chi connectivity index (χ0n) is 13.4. The predicted octanol–water partition coefficient (Wildman–Crippen LogP) is 5.21. The Morgan fingerprint density at radius 3 is 2.68 bits per heavy atom. The summed E-state index contributed by atoms with van der Waals surface area (Å²) in [4.78, 5) is 12.3. The number of hydrogen-bond acceptors (Lipinski definition) is 3. The third-order valence-corrected chi connectivity index (χ3v) is 3.76. The van der Waals surface area contributed by atoms with Crippen molar-refractivity contribution >= 4 is 23.2 Å². The largest absolute Gasteiger partial charge is 0.486 e. The fourth-order valence-electron chi connectivity index (χ4n) is 2.18. The van der Waals surface area contributed by atoms with Crippen molar-refractivity contribution in [1.82, 2.24) is 0 Å². The van der Waals surface area contributed by atoms with E-state index in [0.29, 0.717) is 22.2 Å². The lowest BCUT2D eigenvalue weighted by atomic mass is 10.2. The molecule has 1 aromatic heterocycles. The third kappa shape index (κ3) is 4.39. The van der Waals surface area contributed by atoms with Crippen molar-refractivity contribution in [3.63, 3.8) is 0 Å². The van der Waals surface area contributed by atoms with Crippen LogP contribution < -0.4 is 10.1 Å². The molecule has 1 heterocycles. The number of hydrogen-bond donors (Lipinski definition) is 1. The minimum absolute atomic E-state index is 0.134. The van der Waals surface area contributed by atoms with Gasteiger partial charge < -0.3 is 14.5 Å². The Morgan fingerprint density at radius 2 is 1.92 bits per heavy atom. The van der Waals surface area contributed by atoms with E-state index in [2.05, 4.69) is 5.32 Å². The third-order valence-electron chi connectivity index (χ3n) is 3.53. The first-order chi connectivity index (χ1) is 12.0. The number of rotatable bonds is 5. The summed E-state index contributed by atoms with van der Waals surface area (Å²) in [5.74, 6) is 0.451. The summed E-state index contributed by atoms with van der Waals surface area (Å²) in [6.45, 7) is 2.01. The van der Waals surface area contributed by atoms with Gasteiger partial charge in [-0.25, -0.2) is 4.39 Å². The number of benzene rings is 2. The van der Waals surface area contributed by atoms with Gasteiger partial charge in [0.1, 0.15) is 23.9 Å². The number of furan rings is 1. The summed E-state index contributed by atoms with van der Waals surface area (Å²) < 4.78 is 23.8. The summed E-state index contributed by atoms with van der Waals surface area (Å²) in [6, 6.07) is 14.1. The first kappa shape index (κ1) is 17.0. The van der Waals surface area contributed by atoms with Crippen LogP contribution >= 0.6 is 11.6 Å². The lowest BCUT2D eigenvalue weighted by Gasteiger charge is -2.07. The van der Waals surface area contributed by atoms with Crippen LogP contribution in [-0.4, -0.2) is 5.91 Å². The summed E-state index contributed by atoms with van der Waals surface area (Å²) in [5.41, 5.74) is 1.52. The molecule has 0 saturated carbocycles. The standard InChI is InChI=1S/C19H15ClFNO3/c1-12-2-3-13(20)10-17(12)22-19(23)18-9-8-16(25-18)11-24-15-6-4-14(21)5-7-15/h2-10H,11H2,1H3,(H,22,23). The molecular weight excluding hydrogens is 345 g/mol. The lowest BCUT2D eigenvalue weighted by Crippen LogP contribution is -2.11. The molecule has 3 aromatic rings. The van der Waals surface area contributed by atoms with E-state index in [4.69, 9.17) is 20.8 Å². The number of carbonyl (C=O) groups is 1. The zero-order chi connectivity index (χ0) is 17.8. The fraction of sp³-hybridized carbons (Fsp3) is 0.105. The number of anilines is 1. The molecule has 0 aliphatic carbocycles. The first-order valence-electron chi connectivity index (χ1n) is 7.56. The van der Waals surface area contributed by atoms with Gasteiger partial charge in [0.2, 0.25) is 0 Å². The topological polar surface area (TPSA) is 51.5 Å². The van der Waals surface area contributed by atoms with Gasteiger partial charge in [-0.15, -0.1) is 0 Å². The van der Waals surface area contributed by atoms with Gasteiger partial charge in [0, 0.05) is 10.7 Å². The van der Waals surface area contributed by atoms with E-state index in [-0.39, 0.29) is 24.1 Å². The second kappa shape index (κ2) is 7.40. The molecule has 0 bridgehead atoms. The molecule has 4 nitrogen and oxygen atoms in total. The van der Waals surface area contributed by atoms with Crippen molar-refractivity contribution in [3.8, 4) is 5.75 Å². The van der Waals surface area contributed by atoms with Gasteiger partial charge in [0.05, 0.1) is 0 Å². The van der Waals surface area contributed by atoms with E-state index < -0.39 is 0 Å². The Balaban J connectivity index is 1.63. The molecule has 0 spiro atoms. The van der Waals surface area contributed by atoms with Gasteiger partial charge >= 0.3 is 0 Å². The van der Waals surface area contributed by atoms with Crippen LogP contribution in [0.25, 0.3) is 0 Å². The number of halogens is 2. The average Bonchev–Trinajstić information content (AvgIpc) is 3.07. The highest BCUT2D eigenvalue weighted by Gasteiger charge is 2.13. The van der Waals surface area contributed by atoms with E-state index >= 15 is 0 Å². The van der Waals surface area contributed by atoms with Gasteiger partial charge in [0.15, 0.2) is 5.76 Å². The smallest absolute Gasteiger partial charge is 0.291 e. The van der Waals surface area contributed by atoms with Gasteiger partial charge in [-0.2, -0.15) is 0 Å². The number of amides is 1. The Labute approximate surface area is 149 Å². The highest BCUT2D eigenvalue weighted by molar-refractivity contribution is 6.31. The quantitative estimate of drug-likeness (QED) is 0.680. The van der Waals surface area contributed by atoms with Crippen LogP contribution in [0.2, 0.25) is 5.02 Å². The van der Waals surface area contributed by atoms with E-state index in [1.807, 2.05) is 13.0 Å². The molecule has 1 N–H and O–H groups in total. The molecule has 0 saturated heterocycles. The highest BCUT2D eigenvalue weighted by Crippen LogP contribution is 2.21. The molecule has 3 rings (SSSR count). The summed E-state index contributed by atoms with van der Waals surface area (Å²) in [5, 5.41) is 3.30. The maximum atomic E-state index is 12.8. The van der Waals surface area contributed by atoms with Crippen molar-refractivity contribution in [1.29, 1.82) is 0 Å². The maximum absolute atomic E-state index is 12.8. The molecule has 0 fully saturated rings. The number of nitrogens with one attached hydrogen (secondary N) is 1. The first-order valence-corrected chi connectivity index (χ1v) is 7.93. The molecule has 2 aromatic carbocycles. The number of ether oxygens (including phenoxy) is 1. The summed E-state index contributed by atoms with van der Waals surface area (Å²) >= 11 is 5.94. The molecule has 25 heavy (non-hydrogen) atoms. The van der Waals surface area contributed by atoms with Crippen molar-refractivity contribution in [2.45, 2.75) is 13.5 Å². The average molecular weight is 360 g/mol. The second-order valence-electron chi connectivity index (χ2n) is 5.42. The van der Waals surface area contributed by atoms with Crippen LogP contribution in [0.5, 0.6) is 5.75 Å². The van der Waals surface area contributed by atoms with Crippen LogP contribution in [0.15, 0.2) is 59.0 Å². The van der Waals surface area contributed by atoms with Crippen LogP contribution in [-0.2, 0) is 6.61 Å². The molecule has 0 radical (unpaired) electrons. The van der Waals surface area contributed by atoms with Gasteiger partial charge in [0.25, 0.3) is 5.91 Å². The maximum Gasteiger partial charge on any atom is 0.291 e. The van der Waals surface area contributed by atoms with Crippen molar-refractivity contribution in [2.75, 3.05) is 5.32 Å². The lowest BCUT2D eigenvalue weighted by molar-refractivity contribution is 0.0992. The van der Waals surface area contributed by atoms with E-state index in [1.54, 1.807) is 24.3 Å². The number of carbonyl (C=O) groups excluding carboxylic acids is 1. The molecule has 0 atom stereocenters. The fourth-order valence-corrected chi connectivity index (χ4v) is 2.35. The van der Waals surface area contributed by atoms with E-state index in [9.17, 15) is 9.18 Å². The molecule has 128 valence electrons.